The standard InChI is InChI=1S/C37H38F2N8O3/c1-25-22-29(43-33-34-42-23-32(47(34)17-14-41-33)27-6-9-30(10-7-27)50-37(38)39)8-11-31(25)36(49)46-20-18-45(19-21-46)35(48)28-4-2-26(3-5-28)24-44-15-12-40-13-16-44/h2-11,14,17,22-23,37,40H,12-13,15-16,18-21,24H2,1H3,(H,41,43). The van der Waals surface area contributed by atoms with Gasteiger partial charge in [0, 0.05) is 93.7 Å². The van der Waals surface area contributed by atoms with Gasteiger partial charge in [-0.15, -0.1) is 0 Å². The van der Waals surface area contributed by atoms with Crippen LogP contribution in [0.2, 0.25) is 0 Å². The van der Waals surface area contributed by atoms with E-state index < -0.39 is 6.61 Å². The van der Waals surface area contributed by atoms with Gasteiger partial charge in [-0.25, -0.2) is 9.97 Å². The van der Waals surface area contributed by atoms with Gasteiger partial charge in [0.15, 0.2) is 11.5 Å². The number of hydrogen-bond acceptors (Lipinski definition) is 8. The van der Waals surface area contributed by atoms with Gasteiger partial charge in [0.2, 0.25) is 0 Å². The van der Waals surface area contributed by atoms with Gasteiger partial charge in [-0.1, -0.05) is 12.1 Å². The Hall–Kier alpha value is -5.40. The summed E-state index contributed by atoms with van der Waals surface area (Å²) in [6, 6.07) is 19.8. The first-order valence-corrected chi connectivity index (χ1v) is 16.7. The SMILES string of the molecule is Cc1cc(Nc2nccn3c(-c4ccc(OC(F)F)cc4)cnc23)ccc1C(=O)N1CCN(C(=O)c2ccc(CN3CCNCC3)cc2)CC1. The zero-order chi connectivity index (χ0) is 34.6. The van der Waals surface area contributed by atoms with Crippen LogP contribution in [0.3, 0.4) is 0 Å². The van der Waals surface area contributed by atoms with E-state index >= 15 is 0 Å². The summed E-state index contributed by atoms with van der Waals surface area (Å²) in [6.07, 6.45) is 5.11. The summed E-state index contributed by atoms with van der Waals surface area (Å²) in [5, 5.41) is 6.68. The molecule has 2 aliphatic rings. The van der Waals surface area contributed by atoms with Gasteiger partial charge in [0.1, 0.15) is 5.75 Å². The molecule has 11 nitrogen and oxygen atoms in total. The number of anilines is 2. The first-order chi connectivity index (χ1) is 24.3. The molecule has 13 heteroatoms. The maximum atomic E-state index is 13.5. The molecule has 0 saturated carbocycles. The quantitative estimate of drug-likeness (QED) is 0.223. The molecule has 0 aliphatic carbocycles. The summed E-state index contributed by atoms with van der Waals surface area (Å²) < 4.78 is 31.4. The third-order valence-electron chi connectivity index (χ3n) is 9.19. The van der Waals surface area contributed by atoms with E-state index in [0.717, 1.165) is 55.2 Å². The Morgan fingerprint density at radius 2 is 1.58 bits per heavy atom. The van der Waals surface area contributed by atoms with Gasteiger partial charge >= 0.3 is 6.61 Å². The van der Waals surface area contributed by atoms with Crippen molar-refractivity contribution in [2.24, 2.45) is 0 Å². The van der Waals surface area contributed by atoms with Crippen molar-refractivity contribution in [1.29, 1.82) is 0 Å². The normalized spacial score (nSPS) is 15.4. The minimum absolute atomic E-state index is 0.0111. The highest BCUT2D eigenvalue weighted by molar-refractivity contribution is 5.97. The number of nitrogens with zero attached hydrogens (tertiary/aromatic N) is 6. The van der Waals surface area contributed by atoms with E-state index in [2.05, 4.69) is 30.2 Å². The lowest BCUT2D eigenvalue weighted by Crippen LogP contribution is -2.50. The van der Waals surface area contributed by atoms with Crippen molar-refractivity contribution in [3.05, 3.63) is 108 Å². The summed E-state index contributed by atoms with van der Waals surface area (Å²) in [5.74, 6) is 0.518. The number of hydrogen-bond donors (Lipinski definition) is 2. The van der Waals surface area contributed by atoms with Crippen LogP contribution in [0.15, 0.2) is 85.3 Å². The van der Waals surface area contributed by atoms with Crippen LogP contribution in [0.25, 0.3) is 16.9 Å². The molecule has 2 aromatic heterocycles. The summed E-state index contributed by atoms with van der Waals surface area (Å²) in [6.45, 7) is 5.81. The van der Waals surface area contributed by atoms with Crippen molar-refractivity contribution in [3.8, 4) is 17.0 Å². The number of carbonyl (C=O) groups excluding carboxylic acids is 2. The van der Waals surface area contributed by atoms with E-state index in [9.17, 15) is 18.4 Å². The van der Waals surface area contributed by atoms with E-state index in [1.54, 1.807) is 41.7 Å². The van der Waals surface area contributed by atoms with Crippen LogP contribution in [-0.2, 0) is 6.54 Å². The van der Waals surface area contributed by atoms with E-state index in [0.29, 0.717) is 48.8 Å². The van der Waals surface area contributed by atoms with E-state index in [4.69, 9.17) is 0 Å². The second kappa shape index (κ2) is 14.6. The summed E-state index contributed by atoms with van der Waals surface area (Å²) in [4.78, 5) is 41.9. The molecule has 7 rings (SSSR count). The first kappa shape index (κ1) is 33.1. The fourth-order valence-corrected chi connectivity index (χ4v) is 6.49. The van der Waals surface area contributed by atoms with E-state index in [-0.39, 0.29) is 17.6 Å². The number of aryl methyl sites for hydroxylation is 1. The molecule has 5 aromatic rings. The number of piperazine rings is 2. The molecule has 4 heterocycles. The zero-order valence-electron chi connectivity index (χ0n) is 27.7. The highest BCUT2D eigenvalue weighted by atomic mass is 19.3. The minimum atomic E-state index is -2.89. The number of alkyl halides is 2. The number of carbonyl (C=O) groups is 2. The molecule has 258 valence electrons. The van der Waals surface area contributed by atoms with Crippen LogP contribution in [0, 0.1) is 6.92 Å². The van der Waals surface area contributed by atoms with Crippen molar-refractivity contribution < 1.29 is 23.1 Å². The van der Waals surface area contributed by atoms with Crippen molar-refractivity contribution >= 4 is 29.0 Å². The number of rotatable bonds is 9. The third-order valence-corrected chi connectivity index (χ3v) is 9.19. The molecule has 0 unspecified atom stereocenters. The minimum Gasteiger partial charge on any atom is -0.435 e. The summed E-state index contributed by atoms with van der Waals surface area (Å²) in [7, 11) is 0. The maximum absolute atomic E-state index is 13.5. The second-order valence-electron chi connectivity index (χ2n) is 12.5. The average Bonchev–Trinajstić information content (AvgIpc) is 3.57. The molecule has 50 heavy (non-hydrogen) atoms. The van der Waals surface area contributed by atoms with E-state index in [1.807, 2.05) is 52.6 Å². The maximum Gasteiger partial charge on any atom is 0.387 e. The molecule has 2 fully saturated rings. The summed E-state index contributed by atoms with van der Waals surface area (Å²) in [5.41, 5.74) is 6.12. The molecule has 0 atom stereocenters. The number of nitrogens with one attached hydrogen (secondary N) is 2. The van der Waals surface area contributed by atoms with Crippen molar-refractivity contribution in [2.45, 2.75) is 20.1 Å². The Bertz CT molecular complexity index is 1970. The predicted molar refractivity (Wildman–Crippen MR) is 186 cm³/mol. The molecule has 2 saturated heterocycles. The topological polar surface area (TPSA) is 107 Å². The Labute approximate surface area is 288 Å². The predicted octanol–water partition coefficient (Wildman–Crippen LogP) is 5.05. The molecule has 2 aliphatic heterocycles. The largest absolute Gasteiger partial charge is 0.435 e. The Kier molecular flexibility index (Phi) is 9.67. The van der Waals surface area contributed by atoms with Crippen LogP contribution in [0.5, 0.6) is 5.75 Å². The number of benzene rings is 3. The number of amides is 2. The smallest absolute Gasteiger partial charge is 0.387 e. The number of fused-ring (bicyclic) bond motifs is 1. The van der Waals surface area contributed by atoms with Gasteiger partial charge in [-0.2, -0.15) is 8.78 Å². The lowest BCUT2D eigenvalue weighted by atomic mass is 10.1. The molecule has 2 amide bonds. The zero-order valence-corrected chi connectivity index (χ0v) is 27.7. The highest BCUT2D eigenvalue weighted by Crippen LogP contribution is 2.28. The second-order valence-corrected chi connectivity index (χ2v) is 12.5. The van der Waals surface area contributed by atoms with Gasteiger partial charge < -0.3 is 25.2 Å². The Morgan fingerprint density at radius 1 is 0.880 bits per heavy atom. The highest BCUT2D eigenvalue weighted by Gasteiger charge is 2.26. The molecular formula is C37H38F2N8O3. The van der Waals surface area contributed by atoms with Gasteiger partial charge in [0.05, 0.1) is 11.9 Å². The number of halogens is 2. The lowest BCUT2D eigenvalue weighted by molar-refractivity contribution is -0.0498. The van der Waals surface area contributed by atoms with E-state index in [1.165, 1.54) is 17.7 Å². The molecule has 3 aromatic carbocycles. The van der Waals surface area contributed by atoms with Crippen LogP contribution >= 0.6 is 0 Å². The fourth-order valence-electron chi connectivity index (χ4n) is 6.49. The molecule has 0 bridgehead atoms. The third kappa shape index (κ3) is 7.28. The van der Waals surface area contributed by atoms with Crippen LogP contribution in [0.4, 0.5) is 20.3 Å². The Morgan fingerprint density at radius 3 is 2.26 bits per heavy atom. The lowest BCUT2D eigenvalue weighted by Gasteiger charge is -2.35. The monoisotopic (exact) mass is 680 g/mol. The van der Waals surface area contributed by atoms with Crippen molar-refractivity contribution in [3.63, 3.8) is 0 Å². The molecule has 2 N–H and O–H groups in total. The van der Waals surface area contributed by atoms with Crippen LogP contribution < -0.4 is 15.4 Å². The van der Waals surface area contributed by atoms with Crippen molar-refractivity contribution in [2.75, 3.05) is 57.7 Å². The number of ether oxygens (including phenoxy) is 1. The molecular weight excluding hydrogens is 642 g/mol. The van der Waals surface area contributed by atoms with Crippen molar-refractivity contribution in [1.82, 2.24) is 34.4 Å². The van der Waals surface area contributed by atoms with Gasteiger partial charge in [-0.3, -0.25) is 18.9 Å². The van der Waals surface area contributed by atoms with Crippen LogP contribution in [-0.4, -0.2) is 99.9 Å². The Balaban J connectivity index is 0.960. The van der Waals surface area contributed by atoms with Crippen LogP contribution in [0.1, 0.15) is 31.8 Å². The number of imidazole rings is 1. The molecule has 0 spiro atoms. The van der Waals surface area contributed by atoms with Gasteiger partial charge in [0.25, 0.3) is 11.8 Å². The average molecular weight is 681 g/mol. The fraction of sp³-hybridized carbons (Fsp3) is 0.297. The molecule has 0 radical (unpaired) electrons. The first-order valence-electron chi connectivity index (χ1n) is 16.7. The van der Waals surface area contributed by atoms with Gasteiger partial charge in [-0.05, 0) is 72.6 Å². The summed E-state index contributed by atoms with van der Waals surface area (Å²) >= 11 is 0. The number of aromatic nitrogens is 3.